The number of anilines is 1. The van der Waals surface area contributed by atoms with Crippen LogP contribution in [0.3, 0.4) is 0 Å². The van der Waals surface area contributed by atoms with Crippen molar-refractivity contribution in [3.63, 3.8) is 0 Å². The molecule has 1 aromatic heterocycles. The largest absolute Gasteiger partial charge is 0.312 e. The van der Waals surface area contributed by atoms with Gasteiger partial charge in [-0.1, -0.05) is 23.4 Å². The van der Waals surface area contributed by atoms with Crippen molar-refractivity contribution in [1.82, 2.24) is 14.8 Å². The number of amides is 1. The predicted molar refractivity (Wildman–Crippen MR) is 111 cm³/mol. The summed E-state index contributed by atoms with van der Waals surface area (Å²) in [6.45, 7) is 5.07. The standard InChI is InChI=1S/C20H20ClFN4OS/c1-3-25(17-11-9-16(22)10-12-17)18(27)13-28-20-24-23-19(26(20)4-2)14-5-7-15(21)8-6-14/h5-12H,3-4,13H2,1-2H3. The first-order valence-corrected chi connectivity index (χ1v) is 10.3. The summed E-state index contributed by atoms with van der Waals surface area (Å²) in [6.07, 6.45) is 0. The van der Waals surface area contributed by atoms with Crippen molar-refractivity contribution in [1.29, 1.82) is 0 Å². The third-order valence-electron chi connectivity index (χ3n) is 4.22. The zero-order valence-electron chi connectivity index (χ0n) is 15.6. The van der Waals surface area contributed by atoms with Gasteiger partial charge in [0.2, 0.25) is 5.91 Å². The number of halogens is 2. The fourth-order valence-corrected chi connectivity index (χ4v) is 3.83. The normalized spacial score (nSPS) is 10.9. The van der Waals surface area contributed by atoms with Crippen LogP contribution >= 0.6 is 23.4 Å². The second-order valence-corrected chi connectivity index (χ2v) is 7.34. The lowest BCUT2D eigenvalue weighted by atomic mass is 10.2. The molecule has 0 saturated carbocycles. The number of hydrogen-bond donors (Lipinski definition) is 0. The van der Waals surface area contributed by atoms with E-state index in [1.54, 1.807) is 17.0 Å². The molecule has 0 atom stereocenters. The summed E-state index contributed by atoms with van der Waals surface area (Å²) in [7, 11) is 0. The lowest BCUT2D eigenvalue weighted by Crippen LogP contribution is -2.32. The van der Waals surface area contributed by atoms with E-state index >= 15 is 0 Å². The Labute approximate surface area is 172 Å². The molecule has 5 nitrogen and oxygen atoms in total. The van der Waals surface area contributed by atoms with Gasteiger partial charge in [0.15, 0.2) is 11.0 Å². The van der Waals surface area contributed by atoms with Gasteiger partial charge in [-0.2, -0.15) is 0 Å². The molecule has 146 valence electrons. The van der Waals surface area contributed by atoms with Gasteiger partial charge in [0.1, 0.15) is 5.82 Å². The molecule has 0 bridgehead atoms. The second kappa shape index (κ2) is 9.21. The third kappa shape index (κ3) is 4.54. The highest BCUT2D eigenvalue weighted by molar-refractivity contribution is 7.99. The summed E-state index contributed by atoms with van der Waals surface area (Å²) in [4.78, 5) is 14.3. The molecule has 0 aliphatic carbocycles. The van der Waals surface area contributed by atoms with Crippen LogP contribution in [-0.2, 0) is 11.3 Å². The van der Waals surface area contributed by atoms with Crippen LogP contribution in [-0.4, -0.2) is 33.0 Å². The molecule has 28 heavy (non-hydrogen) atoms. The van der Waals surface area contributed by atoms with Crippen molar-refractivity contribution in [2.75, 3.05) is 17.2 Å². The van der Waals surface area contributed by atoms with Crippen LogP contribution in [0.4, 0.5) is 10.1 Å². The van der Waals surface area contributed by atoms with E-state index in [0.29, 0.717) is 29.0 Å². The molecule has 0 N–H and O–H groups in total. The van der Waals surface area contributed by atoms with Gasteiger partial charge >= 0.3 is 0 Å². The van der Waals surface area contributed by atoms with Gasteiger partial charge in [0.25, 0.3) is 0 Å². The van der Waals surface area contributed by atoms with Crippen LogP contribution in [0, 0.1) is 5.82 Å². The average molecular weight is 419 g/mol. The number of carbonyl (C=O) groups is 1. The molecule has 0 radical (unpaired) electrons. The number of rotatable bonds is 7. The average Bonchev–Trinajstić information content (AvgIpc) is 3.12. The van der Waals surface area contributed by atoms with E-state index < -0.39 is 0 Å². The molecule has 0 spiro atoms. The molecule has 3 rings (SSSR count). The SMILES string of the molecule is CCN(C(=O)CSc1nnc(-c2ccc(Cl)cc2)n1CC)c1ccc(F)cc1. The minimum atomic E-state index is -0.326. The van der Waals surface area contributed by atoms with E-state index in [1.807, 2.05) is 42.7 Å². The van der Waals surface area contributed by atoms with Crippen molar-refractivity contribution in [3.8, 4) is 11.4 Å². The lowest BCUT2D eigenvalue weighted by molar-refractivity contribution is -0.116. The molecule has 0 saturated heterocycles. The van der Waals surface area contributed by atoms with Gasteiger partial charge in [-0.05, 0) is 62.4 Å². The molecular weight excluding hydrogens is 399 g/mol. The van der Waals surface area contributed by atoms with Crippen molar-refractivity contribution in [2.24, 2.45) is 0 Å². The van der Waals surface area contributed by atoms with Crippen molar-refractivity contribution < 1.29 is 9.18 Å². The molecule has 1 amide bonds. The van der Waals surface area contributed by atoms with E-state index in [4.69, 9.17) is 11.6 Å². The number of nitrogens with zero attached hydrogens (tertiary/aromatic N) is 4. The first kappa shape index (κ1) is 20.4. The second-order valence-electron chi connectivity index (χ2n) is 5.96. The maximum atomic E-state index is 13.1. The van der Waals surface area contributed by atoms with Gasteiger partial charge < -0.3 is 9.47 Å². The summed E-state index contributed by atoms with van der Waals surface area (Å²) in [5, 5.41) is 9.87. The van der Waals surface area contributed by atoms with E-state index in [0.717, 1.165) is 11.4 Å². The van der Waals surface area contributed by atoms with Gasteiger partial charge in [-0.3, -0.25) is 4.79 Å². The fraction of sp³-hybridized carbons (Fsp3) is 0.250. The van der Waals surface area contributed by atoms with E-state index in [1.165, 1.54) is 23.9 Å². The Morgan fingerprint density at radius 2 is 1.79 bits per heavy atom. The van der Waals surface area contributed by atoms with Crippen molar-refractivity contribution in [3.05, 3.63) is 59.4 Å². The smallest absolute Gasteiger partial charge is 0.237 e. The Morgan fingerprint density at radius 3 is 2.39 bits per heavy atom. The molecule has 0 aliphatic heterocycles. The highest BCUT2D eigenvalue weighted by Crippen LogP contribution is 2.26. The topological polar surface area (TPSA) is 51.0 Å². The lowest BCUT2D eigenvalue weighted by Gasteiger charge is -2.20. The van der Waals surface area contributed by atoms with Crippen LogP contribution in [0.25, 0.3) is 11.4 Å². The molecule has 8 heteroatoms. The quantitative estimate of drug-likeness (QED) is 0.512. The van der Waals surface area contributed by atoms with Crippen LogP contribution in [0.15, 0.2) is 53.7 Å². The van der Waals surface area contributed by atoms with Crippen LogP contribution in [0.5, 0.6) is 0 Å². The van der Waals surface area contributed by atoms with Gasteiger partial charge in [-0.25, -0.2) is 4.39 Å². The number of hydrogen-bond acceptors (Lipinski definition) is 4. The molecule has 0 fully saturated rings. The molecular formula is C20H20ClFN4OS. The molecule has 1 heterocycles. The number of aromatic nitrogens is 3. The molecule has 2 aromatic carbocycles. The Kier molecular flexibility index (Phi) is 6.70. The summed E-state index contributed by atoms with van der Waals surface area (Å²) >= 11 is 7.29. The Balaban J connectivity index is 1.74. The number of thioether (sulfide) groups is 1. The summed E-state index contributed by atoms with van der Waals surface area (Å²) in [5.74, 6) is 0.550. The molecule has 3 aromatic rings. The van der Waals surface area contributed by atoms with Crippen molar-refractivity contribution in [2.45, 2.75) is 25.5 Å². The Morgan fingerprint density at radius 1 is 1.11 bits per heavy atom. The molecule has 0 unspecified atom stereocenters. The third-order valence-corrected chi connectivity index (χ3v) is 5.42. The minimum Gasteiger partial charge on any atom is -0.312 e. The maximum absolute atomic E-state index is 13.1. The number of benzene rings is 2. The Hall–Kier alpha value is -2.38. The zero-order valence-corrected chi connectivity index (χ0v) is 17.2. The summed E-state index contributed by atoms with van der Waals surface area (Å²) < 4.78 is 15.1. The van der Waals surface area contributed by atoms with Crippen LogP contribution in [0.1, 0.15) is 13.8 Å². The first-order valence-electron chi connectivity index (χ1n) is 8.91. The zero-order chi connectivity index (χ0) is 20.1. The maximum Gasteiger partial charge on any atom is 0.237 e. The molecule has 0 aliphatic rings. The van der Waals surface area contributed by atoms with E-state index in [2.05, 4.69) is 10.2 Å². The van der Waals surface area contributed by atoms with Crippen LogP contribution < -0.4 is 4.90 Å². The summed E-state index contributed by atoms with van der Waals surface area (Å²) in [5.41, 5.74) is 1.59. The first-order chi connectivity index (χ1) is 13.5. The monoisotopic (exact) mass is 418 g/mol. The van der Waals surface area contributed by atoms with E-state index in [-0.39, 0.29) is 17.5 Å². The van der Waals surface area contributed by atoms with E-state index in [9.17, 15) is 9.18 Å². The van der Waals surface area contributed by atoms with Gasteiger partial charge in [-0.15, -0.1) is 10.2 Å². The highest BCUT2D eigenvalue weighted by atomic mass is 35.5. The van der Waals surface area contributed by atoms with Crippen molar-refractivity contribution >= 4 is 35.0 Å². The fourth-order valence-electron chi connectivity index (χ4n) is 2.82. The van der Waals surface area contributed by atoms with Gasteiger partial charge in [0.05, 0.1) is 5.75 Å². The van der Waals surface area contributed by atoms with Gasteiger partial charge in [0, 0.05) is 29.4 Å². The van der Waals surface area contributed by atoms with Crippen LogP contribution in [0.2, 0.25) is 5.02 Å². The number of carbonyl (C=O) groups excluding carboxylic acids is 1. The minimum absolute atomic E-state index is 0.0715. The Bertz CT molecular complexity index is 944. The predicted octanol–water partition coefficient (Wildman–Crippen LogP) is 4.90. The summed E-state index contributed by atoms with van der Waals surface area (Å²) in [6, 6.07) is 13.3. The highest BCUT2D eigenvalue weighted by Gasteiger charge is 2.18.